The van der Waals surface area contributed by atoms with Crippen LogP contribution in [-0.2, 0) is 14.3 Å². The molecule has 0 unspecified atom stereocenters. The molecule has 0 saturated heterocycles. The second-order valence-corrected chi connectivity index (χ2v) is 7.76. The zero-order chi connectivity index (χ0) is 19.1. The van der Waals surface area contributed by atoms with E-state index >= 15 is 0 Å². The summed E-state index contributed by atoms with van der Waals surface area (Å²) in [7, 11) is 0. The van der Waals surface area contributed by atoms with Crippen molar-refractivity contribution in [1.82, 2.24) is 0 Å². The summed E-state index contributed by atoms with van der Waals surface area (Å²) < 4.78 is 5.60. The molecule has 0 N–H and O–H groups in total. The first kappa shape index (κ1) is 17.7. The molecule has 2 bridgehead atoms. The monoisotopic (exact) mass is 360 g/mol. The van der Waals surface area contributed by atoms with E-state index in [0.29, 0.717) is 11.3 Å². The quantitative estimate of drug-likeness (QED) is 0.703. The third-order valence-corrected chi connectivity index (χ3v) is 5.81. The van der Waals surface area contributed by atoms with Crippen molar-refractivity contribution < 1.29 is 14.3 Å². The molecule has 3 heteroatoms. The Hall–Kier alpha value is -2.68. The Labute approximate surface area is 160 Å². The summed E-state index contributed by atoms with van der Waals surface area (Å²) in [6, 6.07) is 14.5. The number of Topliss-reactive ketones (excluding diaryl/α,β-unsaturated/α-hetero) is 1. The Balaban J connectivity index is 1.88. The number of ether oxygens (including phenoxy) is 1. The fourth-order valence-corrected chi connectivity index (χ4v) is 4.68. The average Bonchev–Trinajstić information content (AvgIpc) is 3.08. The minimum atomic E-state index is -0.350. The number of carbonyl (C=O) groups is 2. The van der Waals surface area contributed by atoms with E-state index in [0.717, 1.165) is 47.1 Å². The van der Waals surface area contributed by atoms with Gasteiger partial charge in [0.25, 0.3) is 0 Å². The lowest BCUT2D eigenvalue weighted by Gasteiger charge is -2.26. The standard InChI is InChI=1S/C24H24O3/c1-14-11-20(17-7-5-4-6-8-17)12-15(2)21(14)22-23(26)18-9-10-19(13-18)24(22)27-16(3)25/h4-8,11-12,18-19H,9-10,13H2,1-3H3/t18-,19+/m0/s1. The number of fused-ring (bicyclic) bond motifs is 2. The number of esters is 1. The highest BCUT2D eigenvalue weighted by Crippen LogP contribution is 2.48. The third-order valence-electron chi connectivity index (χ3n) is 5.81. The van der Waals surface area contributed by atoms with E-state index in [1.165, 1.54) is 6.92 Å². The second-order valence-electron chi connectivity index (χ2n) is 7.76. The maximum atomic E-state index is 13.2. The molecule has 2 aliphatic rings. The lowest BCUT2D eigenvalue weighted by Crippen LogP contribution is -2.24. The van der Waals surface area contributed by atoms with Crippen LogP contribution in [0.3, 0.4) is 0 Å². The summed E-state index contributed by atoms with van der Waals surface area (Å²) in [5.41, 5.74) is 5.95. The van der Waals surface area contributed by atoms with Gasteiger partial charge in [0.15, 0.2) is 5.78 Å². The van der Waals surface area contributed by atoms with Crippen LogP contribution in [0.2, 0.25) is 0 Å². The first-order valence-corrected chi connectivity index (χ1v) is 9.59. The minimum absolute atomic E-state index is 0.0666. The van der Waals surface area contributed by atoms with E-state index < -0.39 is 0 Å². The first-order chi connectivity index (χ1) is 13.0. The summed E-state index contributed by atoms with van der Waals surface area (Å²) in [6.45, 7) is 5.49. The maximum absolute atomic E-state index is 13.2. The van der Waals surface area contributed by atoms with Crippen molar-refractivity contribution in [2.75, 3.05) is 0 Å². The molecule has 0 radical (unpaired) electrons. The van der Waals surface area contributed by atoms with Gasteiger partial charge in [-0.1, -0.05) is 42.5 Å². The largest absolute Gasteiger partial charge is 0.430 e. The molecule has 3 nitrogen and oxygen atoms in total. The summed E-state index contributed by atoms with van der Waals surface area (Å²) in [6.07, 6.45) is 2.62. The fourth-order valence-electron chi connectivity index (χ4n) is 4.68. The fraction of sp³-hybridized carbons (Fsp3) is 0.333. The maximum Gasteiger partial charge on any atom is 0.307 e. The number of benzene rings is 2. The predicted molar refractivity (Wildman–Crippen MR) is 106 cm³/mol. The second kappa shape index (κ2) is 6.80. The van der Waals surface area contributed by atoms with Crippen molar-refractivity contribution >= 4 is 17.3 Å². The molecule has 27 heavy (non-hydrogen) atoms. The Bertz CT molecular complexity index is 930. The molecular formula is C24H24O3. The van der Waals surface area contributed by atoms with Gasteiger partial charge in [-0.15, -0.1) is 0 Å². The molecule has 0 aromatic heterocycles. The zero-order valence-corrected chi connectivity index (χ0v) is 16.0. The molecule has 0 heterocycles. The van der Waals surface area contributed by atoms with Gasteiger partial charge >= 0.3 is 5.97 Å². The van der Waals surface area contributed by atoms with Crippen molar-refractivity contribution in [2.24, 2.45) is 11.8 Å². The van der Waals surface area contributed by atoms with E-state index in [1.807, 2.05) is 32.0 Å². The molecule has 138 valence electrons. The van der Waals surface area contributed by atoms with Crippen LogP contribution in [-0.4, -0.2) is 11.8 Å². The molecular weight excluding hydrogens is 336 g/mol. The number of rotatable bonds is 3. The van der Waals surface area contributed by atoms with E-state index in [1.54, 1.807) is 0 Å². The highest BCUT2D eigenvalue weighted by atomic mass is 16.5. The van der Waals surface area contributed by atoms with Gasteiger partial charge in [-0.05, 0) is 60.9 Å². The van der Waals surface area contributed by atoms with Crippen molar-refractivity contribution in [3.63, 3.8) is 0 Å². The zero-order valence-electron chi connectivity index (χ0n) is 16.0. The number of ketones is 1. The Kier molecular flexibility index (Phi) is 4.47. The lowest BCUT2D eigenvalue weighted by atomic mass is 9.80. The topological polar surface area (TPSA) is 43.4 Å². The number of hydrogen-bond donors (Lipinski definition) is 0. The summed E-state index contributed by atoms with van der Waals surface area (Å²) >= 11 is 0. The van der Waals surface area contributed by atoms with Crippen LogP contribution in [0.1, 0.15) is 42.9 Å². The van der Waals surface area contributed by atoms with E-state index in [4.69, 9.17) is 4.74 Å². The number of aryl methyl sites for hydroxylation is 2. The molecule has 2 aromatic carbocycles. The van der Waals surface area contributed by atoms with Crippen LogP contribution in [0.5, 0.6) is 0 Å². The molecule has 0 spiro atoms. The van der Waals surface area contributed by atoms with Crippen molar-refractivity contribution in [2.45, 2.75) is 40.0 Å². The van der Waals surface area contributed by atoms with Gasteiger partial charge in [0, 0.05) is 18.8 Å². The number of hydrogen-bond acceptors (Lipinski definition) is 3. The Morgan fingerprint density at radius 1 is 0.963 bits per heavy atom. The minimum Gasteiger partial charge on any atom is -0.430 e. The van der Waals surface area contributed by atoms with Crippen LogP contribution in [0.4, 0.5) is 0 Å². The molecule has 0 amide bonds. The SMILES string of the molecule is CC(=O)OC1=C(c2c(C)cc(-c3ccccc3)cc2C)C(=O)[C@H]2CC[C@@H]1C2. The molecule has 4 rings (SSSR count). The summed E-state index contributed by atoms with van der Waals surface area (Å²) in [5.74, 6) is 0.631. The van der Waals surface area contributed by atoms with Crippen molar-refractivity contribution in [3.05, 3.63) is 64.9 Å². The van der Waals surface area contributed by atoms with Gasteiger partial charge in [-0.2, -0.15) is 0 Å². The number of carbonyl (C=O) groups excluding carboxylic acids is 2. The lowest BCUT2D eigenvalue weighted by molar-refractivity contribution is -0.137. The van der Waals surface area contributed by atoms with Gasteiger partial charge in [0.05, 0.1) is 5.57 Å². The van der Waals surface area contributed by atoms with E-state index in [-0.39, 0.29) is 23.6 Å². The van der Waals surface area contributed by atoms with E-state index in [2.05, 4.69) is 24.3 Å². The highest BCUT2D eigenvalue weighted by Gasteiger charge is 2.43. The van der Waals surface area contributed by atoms with Gasteiger partial charge < -0.3 is 4.74 Å². The van der Waals surface area contributed by atoms with Crippen molar-refractivity contribution in [1.29, 1.82) is 0 Å². The van der Waals surface area contributed by atoms with E-state index in [9.17, 15) is 9.59 Å². The smallest absolute Gasteiger partial charge is 0.307 e. The predicted octanol–water partition coefficient (Wildman–Crippen LogP) is 5.24. The summed E-state index contributed by atoms with van der Waals surface area (Å²) in [4.78, 5) is 24.9. The molecule has 2 atom stereocenters. The summed E-state index contributed by atoms with van der Waals surface area (Å²) in [5, 5.41) is 0. The van der Waals surface area contributed by atoms with Crippen LogP contribution >= 0.6 is 0 Å². The van der Waals surface area contributed by atoms with Crippen molar-refractivity contribution in [3.8, 4) is 11.1 Å². The normalized spacial score (nSPS) is 21.5. The first-order valence-electron chi connectivity index (χ1n) is 9.59. The van der Waals surface area contributed by atoms with Gasteiger partial charge in [-0.25, -0.2) is 0 Å². The molecule has 2 aliphatic carbocycles. The Morgan fingerprint density at radius 2 is 1.59 bits per heavy atom. The van der Waals surface area contributed by atoms with Crippen LogP contribution in [0.15, 0.2) is 48.2 Å². The van der Waals surface area contributed by atoms with Crippen LogP contribution < -0.4 is 0 Å². The third kappa shape index (κ3) is 3.12. The molecule has 2 aromatic rings. The van der Waals surface area contributed by atoms with Gasteiger partial charge in [0.1, 0.15) is 5.76 Å². The molecule has 1 saturated carbocycles. The van der Waals surface area contributed by atoms with Crippen LogP contribution in [0, 0.1) is 25.7 Å². The van der Waals surface area contributed by atoms with Gasteiger partial charge in [-0.3, -0.25) is 9.59 Å². The van der Waals surface area contributed by atoms with Crippen LogP contribution in [0.25, 0.3) is 16.7 Å². The highest BCUT2D eigenvalue weighted by molar-refractivity contribution is 6.24. The molecule has 0 aliphatic heterocycles. The van der Waals surface area contributed by atoms with Gasteiger partial charge in [0.2, 0.25) is 0 Å². The molecule has 1 fully saturated rings. The number of allylic oxidation sites excluding steroid dienone is 2. The average molecular weight is 360 g/mol. The Morgan fingerprint density at radius 3 is 2.22 bits per heavy atom.